The molecular formula is C20H23N3OS. The summed E-state index contributed by atoms with van der Waals surface area (Å²) in [5, 5.41) is 7.68. The highest BCUT2D eigenvalue weighted by Gasteiger charge is 2.17. The standard InChI is InChI=1S/C20H23N3OS/c1-4-10-23-19(20(24)21-13-16-8-6-5-7-9-16)12-18(22-23)17-11-14(2)25-15(17)3/h5-9,11-12H,4,10,13H2,1-3H3,(H,21,24). The third-order valence-corrected chi connectivity index (χ3v) is 5.03. The van der Waals surface area contributed by atoms with Gasteiger partial charge in [-0.2, -0.15) is 5.10 Å². The van der Waals surface area contributed by atoms with E-state index in [2.05, 4.69) is 37.3 Å². The number of aryl methyl sites for hydroxylation is 3. The van der Waals surface area contributed by atoms with Crippen LogP contribution in [0.2, 0.25) is 0 Å². The maximum Gasteiger partial charge on any atom is 0.269 e. The predicted molar refractivity (Wildman–Crippen MR) is 103 cm³/mol. The Morgan fingerprint density at radius 1 is 1.20 bits per heavy atom. The first kappa shape index (κ1) is 17.4. The van der Waals surface area contributed by atoms with E-state index in [0.717, 1.165) is 29.8 Å². The van der Waals surface area contributed by atoms with Gasteiger partial charge in [0.25, 0.3) is 5.91 Å². The second-order valence-corrected chi connectivity index (χ2v) is 7.59. The molecule has 1 aromatic carbocycles. The molecular weight excluding hydrogens is 330 g/mol. The molecule has 1 amide bonds. The summed E-state index contributed by atoms with van der Waals surface area (Å²) in [6.07, 6.45) is 0.932. The Bertz CT molecular complexity index is 864. The molecule has 25 heavy (non-hydrogen) atoms. The molecule has 3 rings (SSSR count). The number of nitrogens with one attached hydrogen (secondary N) is 1. The van der Waals surface area contributed by atoms with Crippen molar-refractivity contribution in [3.8, 4) is 11.3 Å². The fourth-order valence-electron chi connectivity index (χ4n) is 2.87. The Morgan fingerprint density at radius 3 is 2.60 bits per heavy atom. The number of carbonyl (C=O) groups excluding carboxylic acids is 1. The largest absolute Gasteiger partial charge is 0.347 e. The van der Waals surface area contributed by atoms with E-state index in [9.17, 15) is 4.79 Å². The molecule has 130 valence electrons. The van der Waals surface area contributed by atoms with Crippen molar-refractivity contribution < 1.29 is 4.79 Å². The average molecular weight is 353 g/mol. The van der Waals surface area contributed by atoms with Crippen molar-refractivity contribution in [1.29, 1.82) is 0 Å². The second-order valence-electron chi connectivity index (χ2n) is 6.13. The molecule has 0 aliphatic heterocycles. The molecule has 0 bridgehead atoms. The number of hydrogen-bond acceptors (Lipinski definition) is 3. The quantitative estimate of drug-likeness (QED) is 0.706. The Hall–Kier alpha value is -2.40. The molecule has 0 saturated carbocycles. The van der Waals surface area contributed by atoms with Gasteiger partial charge in [0, 0.05) is 28.4 Å². The van der Waals surface area contributed by atoms with Gasteiger partial charge in [-0.3, -0.25) is 9.48 Å². The van der Waals surface area contributed by atoms with E-state index in [1.807, 2.05) is 41.1 Å². The Labute approximate surface area is 152 Å². The summed E-state index contributed by atoms with van der Waals surface area (Å²) in [4.78, 5) is 15.2. The van der Waals surface area contributed by atoms with E-state index in [4.69, 9.17) is 0 Å². The summed E-state index contributed by atoms with van der Waals surface area (Å²) in [5.74, 6) is -0.0827. The van der Waals surface area contributed by atoms with Crippen molar-refractivity contribution in [1.82, 2.24) is 15.1 Å². The van der Waals surface area contributed by atoms with Crippen molar-refractivity contribution in [2.45, 2.75) is 40.3 Å². The van der Waals surface area contributed by atoms with Crippen molar-refractivity contribution in [3.05, 3.63) is 63.5 Å². The van der Waals surface area contributed by atoms with Gasteiger partial charge >= 0.3 is 0 Å². The van der Waals surface area contributed by atoms with Gasteiger partial charge in [-0.15, -0.1) is 11.3 Å². The molecule has 4 nitrogen and oxygen atoms in total. The number of carbonyl (C=O) groups is 1. The summed E-state index contributed by atoms with van der Waals surface area (Å²) in [6.45, 7) is 7.53. The van der Waals surface area contributed by atoms with Crippen molar-refractivity contribution in [2.75, 3.05) is 0 Å². The molecule has 5 heteroatoms. The van der Waals surface area contributed by atoms with Crippen LogP contribution in [0, 0.1) is 13.8 Å². The van der Waals surface area contributed by atoms with Crippen LogP contribution < -0.4 is 5.32 Å². The molecule has 0 unspecified atom stereocenters. The fourth-order valence-corrected chi connectivity index (χ4v) is 3.80. The van der Waals surface area contributed by atoms with Crippen molar-refractivity contribution in [2.24, 2.45) is 0 Å². The molecule has 0 fully saturated rings. The predicted octanol–water partition coefficient (Wildman–Crippen LogP) is 4.57. The first-order valence-corrected chi connectivity index (χ1v) is 9.37. The van der Waals surface area contributed by atoms with Crippen LogP contribution in [0.25, 0.3) is 11.3 Å². The number of aromatic nitrogens is 2. The molecule has 1 N–H and O–H groups in total. The lowest BCUT2D eigenvalue weighted by molar-refractivity contribution is 0.0940. The van der Waals surface area contributed by atoms with Crippen LogP contribution in [0.15, 0.2) is 42.5 Å². The van der Waals surface area contributed by atoms with E-state index in [1.54, 1.807) is 11.3 Å². The van der Waals surface area contributed by atoms with Crippen LogP contribution in [0.1, 0.15) is 39.2 Å². The minimum Gasteiger partial charge on any atom is -0.347 e. The number of amides is 1. The Balaban J connectivity index is 1.84. The SMILES string of the molecule is CCCn1nc(-c2cc(C)sc2C)cc1C(=O)NCc1ccccc1. The molecule has 2 aromatic heterocycles. The second kappa shape index (κ2) is 7.66. The maximum absolute atomic E-state index is 12.7. The molecule has 0 saturated heterocycles. The van der Waals surface area contributed by atoms with Crippen LogP contribution >= 0.6 is 11.3 Å². The van der Waals surface area contributed by atoms with Gasteiger partial charge in [0.15, 0.2) is 0 Å². The van der Waals surface area contributed by atoms with Gasteiger partial charge in [-0.25, -0.2) is 0 Å². The van der Waals surface area contributed by atoms with Gasteiger partial charge < -0.3 is 5.32 Å². The van der Waals surface area contributed by atoms with E-state index < -0.39 is 0 Å². The zero-order valence-electron chi connectivity index (χ0n) is 14.9. The minimum absolute atomic E-state index is 0.0827. The highest BCUT2D eigenvalue weighted by molar-refractivity contribution is 7.12. The number of hydrogen-bond donors (Lipinski definition) is 1. The summed E-state index contributed by atoms with van der Waals surface area (Å²) in [5.41, 5.74) is 3.70. The van der Waals surface area contributed by atoms with Gasteiger partial charge in [-0.05, 0) is 38.0 Å². The summed E-state index contributed by atoms with van der Waals surface area (Å²) >= 11 is 1.76. The molecule has 0 aliphatic rings. The number of thiophene rings is 1. The zero-order valence-corrected chi connectivity index (χ0v) is 15.7. The third kappa shape index (κ3) is 3.99. The topological polar surface area (TPSA) is 46.9 Å². The normalized spacial score (nSPS) is 10.8. The lowest BCUT2D eigenvalue weighted by Gasteiger charge is -2.07. The van der Waals surface area contributed by atoms with Crippen LogP contribution in [0.4, 0.5) is 0 Å². The first-order chi connectivity index (χ1) is 12.1. The molecule has 0 aliphatic carbocycles. The Morgan fingerprint density at radius 2 is 1.96 bits per heavy atom. The number of nitrogens with zero attached hydrogens (tertiary/aromatic N) is 2. The third-order valence-electron chi connectivity index (χ3n) is 4.06. The van der Waals surface area contributed by atoms with E-state index in [-0.39, 0.29) is 5.91 Å². The van der Waals surface area contributed by atoms with Crippen LogP contribution in [-0.2, 0) is 13.1 Å². The molecule has 0 spiro atoms. The van der Waals surface area contributed by atoms with Crippen LogP contribution in [0.5, 0.6) is 0 Å². The molecule has 2 heterocycles. The summed E-state index contributed by atoms with van der Waals surface area (Å²) < 4.78 is 1.82. The first-order valence-electron chi connectivity index (χ1n) is 8.56. The molecule has 0 radical (unpaired) electrons. The van der Waals surface area contributed by atoms with Gasteiger partial charge in [0.2, 0.25) is 0 Å². The van der Waals surface area contributed by atoms with Gasteiger partial charge in [0.1, 0.15) is 5.69 Å². The summed E-state index contributed by atoms with van der Waals surface area (Å²) in [6, 6.07) is 14.0. The van der Waals surface area contributed by atoms with Gasteiger partial charge in [-0.1, -0.05) is 37.3 Å². The molecule has 3 aromatic rings. The minimum atomic E-state index is -0.0827. The number of rotatable bonds is 6. The van der Waals surface area contributed by atoms with E-state index >= 15 is 0 Å². The highest BCUT2D eigenvalue weighted by atomic mass is 32.1. The van der Waals surface area contributed by atoms with E-state index in [1.165, 1.54) is 9.75 Å². The van der Waals surface area contributed by atoms with Gasteiger partial charge in [0.05, 0.1) is 5.69 Å². The monoisotopic (exact) mass is 353 g/mol. The fraction of sp³-hybridized carbons (Fsp3) is 0.300. The smallest absolute Gasteiger partial charge is 0.269 e. The van der Waals surface area contributed by atoms with Crippen molar-refractivity contribution in [3.63, 3.8) is 0 Å². The molecule has 0 atom stereocenters. The van der Waals surface area contributed by atoms with E-state index in [0.29, 0.717) is 12.2 Å². The lowest BCUT2D eigenvalue weighted by atomic mass is 10.1. The van der Waals surface area contributed by atoms with Crippen LogP contribution in [-0.4, -0.2) is 15.7 Å². The number of benzene rings is 1. The zero-order chi connectivity index (χ0) is 17.8. The highest BCUT2D eigenvalue weighted by Crippen LogP contribution is 2.30. The Kier molecular flexibility index (Phi) is 5.34. The maximum atomic E-state index is 12.7. The summed E-state index contributed by atoms with van der Waals surface area (Å²) in [7, 11) is 0. The lowest BCUT2D eigenvalue weighted by Crippen LogP contribution is -2.25. The van der Waals surface area contributed by atoms with Crippen molar-refractivity contribution >= 4 is 17.2 Å². The average Bonchev–Trinajstić information content (AvgIpc) is 3.17. The van der Waals surface area contributed by atoms with Crippen LogP contribution in [0.3, 0.4) is 0 Å².